The van der Waals surface area contributed by atoms with Gasteiger partial charge in [-0.05, 0) is 63.0 Å². The first-order chi connectivity index (χ1) is 12.7. The molecule has 3 rings (SSSR count). The van der Waals surface area contributed by atoms with Crippen LogP contribution >= 0.6 is 0 Å². The van der Waals surface area contributed by atoms with Crippen molar-refractivity contribution >= 4 is 17.3 Å². The number of nitrogens with one attached hydrogen (secondary N) is 1. The molecule has 1 saturated heterocycles. The van der Waals surface area contributed by atoms with Crippen molar-refractivity contribution in [3.63, 3.8) is 0 Å². The van der Waals surface area contributed by atoms with Crippen LogP contribution in [0.3, 0.4) is 0 Å². The molecule has 1 amide bonds. The highest BCUT2D eigenvalue weighted by Crippen LogP contribution is 2.29. The van der Waals surface area contributed by atoms with E-state index in [1.54, 1.807) is 0 Å². The number of nitrogens with zero attached hydrogens (tertiary/aromatic N) is 2. The van der Waals surface area contributed by atoms with Crippen LogP contribution in [-0.4, -0.2) is 44.5 Å². The fraction of sp³-hybridized carbons (Fsp3) is 0.409. The fourth-order valence-corrected chi connectivity index (χ4v) is 3.68. The molecule has 138 valence electrons. The topological polar surface area (TPSA) is 35.6 Å². The van der Waals surface area contributed by atoms with Crippen LogP contribution in [0.25, 0.3) is 0 Å². The predicted octanol–water partition coefficient (Wildman–Crippen LogP) is 3.92. The smallest absolute Gasteiger partial charge is 0.255 e. The predicted molar refractivity (Wildman–Crippen MR) is 108 cm³/mol. The van der Waals surface area contributed by atoms with Gasteiger partial charge in [0.2, 0.25) is 0 Å². The molecule has 0 atom stereocenters. The molecule has 0 bridgehead atoms. The van der Waals surface area contributed by atoms with Crippen LogP contribution in [0.2, 0.25) is 0 Å². The molecule has 4 heteroatoms. The van der Waals surface area contributed by atoms with Gasteiger partial charge in [0.05, 0.1) is 11.3 Å². The second-order valence-electron chi connectivity index (χ2n) is 7.04. The Morgan fingerprint density at radius 2 is 1.73 bits per heavy atom. The van der Waals surface area contributed by atoms with Crippen LogP contribution in [0.5, 0.6) is 0 Å². The van der Waals surface area contributed by atoms with E-state index >= 15 is 0 Å². The van der Waals surface area contributed by atoms with Gasteiger partial charge in [-0.2, -0.15) is 0 Å². The van der Waals surface area contributed by atoms with Crippen molar-refractivity contribution in [2.24, 2.45) is 5.92 Å². The number of hydrogen-bond acceptors (Lipinski definition) is 3. The van der Waals surface area contributed by atoms with E-state index in [9.17, 15) is 4.79 Å². The minimum absolute atomic E-state index is 0.149. The zero-order valence-corrected chi connectivity index (χ0v) is 15.8. The van der Waals surface area contributed by atoms with Gasteiger partial charge < -0.3 is 15.1 Å². The minimum atomic E-state index is 0.149. The number of hydrogen-bond donors (Lipinski definition) is 1. The lowest BCUT2D eigenvalue weighted by Crippen LogP contribution is -2.39. The van der Waals surface area contributed by atoms with E-state index in [0.717, 1.165) is 55.3 Å². The molecule has 2 aromatic carbocycles. The number of piperidine rings is 1. The molecule has 26 heavy (non-hydrogen) atoms. The maximum absolute atomic E-state index is 13.2. The number of para-hydroxylation sites is 2. The Morgan fingerprint density at radius 3 is 2.42 bits per heavy atom. The summed E-state index contributed by atoms with van der Waals surface area (Å²) in [5.74, 6) is 0.879. The third-order valence-corrected chi connectivity index (χ3v) is 5.34. The molecule has 0 aliphatic carbocycles. The Labute approximate surface area is 156 Å². The van der Waals surface area contributed by atoms with E-state index in [4.69, 9.17) is 0 Å². The number of anilines is 2. The minimum Gasteiger partial charge on any atom is -0.344 e. The van der Waals surface area contributed by atoms with Gasteiger partial charge in [0.25, 0.3) is 5.91 Å². The van der Waals surface area contributed by atoms with Gasteiger partial charge >= 0.3 is 0 Å². The highest BCUT2D eigenvalue weighted by atomic mass is 16.2. The summed E-state index contributed by atoms with van der Waals surface area (Å²) < 4.78 is 0. The molecule has 1 aliphatic rings. The average molecular weight is 351 g/mol. The van der Waals surface area contributed by atoms with Gasteiger partial charge in [0, 0.05) is 25.8 Å². The number of carbonyl (C=O) groups excluding carboxylic acids is 1. The van der Waals surface area contributed by atoms with Crippen LogP contribution < -0.4 is 10.2 Å². The lowest BCUT2D eigenvalue weighted by atomic mass is 9.93. The Kier molecular flexibility index (Phi) is 6.29. The molecule has 4 nitrogen and oxygen atoms in total. The summed E-state index contributed by atoms with van der Waals surface area (Å²) in [5.41, 5.74) is 2.83. The Morgan fingerprint density at radius 1 is 1.08 bits per heavy atom. The molecule has 1 aliphatic heterocycles. The third kappa shape index (κ3) is 4.25. The zero-order chi connectivity index (χ0) is 18.4. The molecule has 0 radical (unpaired) electrons. The van der Waals surface area contributed by atoms with Crippen LogP contribution in [-0.2, 0) is 0 Å². The van der Waals surface area contributed by atoms with Crippen LogP contribution in [0.4, 0.5) is 11.4 Å². The lowest BCUT2D eigenvalue weighted by Gasteiger charge is -2.33. The first-order valence-electron chi connectivity index (χ1n) is 9.52. The summed E-state index contributed by atoms with van der Waals surface area (Å²) >= 11 is 0. The summed E-state index contributed by atoms with van der Waals surface area (Å²) in [7, 11) is 4.02. The number of carbonyl (C=O) groups is 1. The van der Waals surface area contributed by atoms with Crippen molar-refractivity contribution in [1.82, 2.24) is 10.2 Å². The van der Waals surface area contributed by atoms with Crippen molar-refractivity contribution in [3.8, 4) is 0 Å². The molecular weight excluding hydrogens is 322 g/mol. The first kappa shape index (κ1) is 18.5. The maximum atomic E-state index is 13.2. The summed E-state index contributed by atoms with van der Waals surface area (Å²) in [6.45, 7) is 2.77. The van der Waals surface area contributed by atoms with E-state index < -0.39 is 0 Å². The van der Waals surface area contributed by atoms with Gasteiger partial charge in [-0.25, -0.2) is 0 Å². The van der Waals surface area contributed by atoms with Crippen LogP contribution in [0.15, 0.2) is 54.6 Å². The largest absolute Gasteiger partial charge is 0.344 e. The fourth-order valence-electron chi connectivity index (χ4n) is 3.68. The number of likely N-dealkylation sites (tertiary alicyclic amines) is 1. The zero-order valence-electron chi connectivity index (χ0n) is 15.8. The van der Waals surface area contributed by atoms with E-state index in [1.165, 1.54) is 6.42 Å². The molecule has 1 N–H and O–H groups in total. The summed E-state index contributed by atoms with van der Waals surface area (Å²) in [4.78, 5) is 17.3. The van der Waals surface area contributed by atoms with E-state index in [2.05, 4.69) is 22.3 Å². The van der Waals surface area contributed by atoms with Gasteiger partial charge in [0.1, 0.15) is 0 Å². The number of amides is 1. The van der Waals surface area contributed by atoms with Crippen LogP contribution in [0.1, 0.15) is 29.6 Å². The maximum Gasteiger partial charge on any atom is 0.255 e. The van der Waals surface area contributed by atoms with Crippen molar-refractivity contribution in [3.05, 3.63) is 60.2 Å². The second kappa shape index (κ2) is 8.86. The highest BCUT2D eigenvalue weighted by molar-refractivity contribution is 6.00. The first-order valence-corrected chi connectivity index (χ1v) is 9.52. The molecule has 0 spiro atoms. The van der Waals surface area contributed by atoms with Crippen molar-refractivity contribution < 1.29 is 4.79 Å². The second-order valence-corrected chi connectivity index (χ2v) is 7.04. The molecule has 0 aromatic heterocycles. The van der Waals surface area contributed by atoms with Gasteiger partial charge in [-0.15, -0.1) is 0 Å². The summed E-state index contributed by atoms with van der Waals surface area (Å²) in [6.07, 6.45) is 3.40. The molecule has 1 fully saturated rings. The standard InChI is InChI=1S/C22H29N3O/c1-23-15-12-18-13-16-25(17-14-18)22(26)20-10-6-7-11-21(20)24(2)19-8-4-3-5-9-19/h3-11,18,23H,12-17H2,1-2H3. The lowest BCUT2D eigenvalue weighted by molar-refractivity contribution is 0.0688. The Balaban J connectivity index is 1.73. The summed E-state index contributed by atoms with van der Waals surface area (Å²) in [6, 6.07) is 18.1. The average Bonchev–Trinajstić information content (AvgIpc) is 2.72. The molecule has 2 aromatic rings. The third-order valence-electron chi connectivity index (χ3n) is 5.34. The van der Waals surface area contributed by atoms with E-state index in [0.29, 0.717) is 0 Å². The SMILES string of the molecule is CNCCC1CCN(C(=O)c2ccccc2N(C)c2ccccc2)CC1. The Bertz CT molecular complexity index is 708. The van der Waals surface area contributed by atoms with Crippen LogP contribution in [0, 0.1) is 5.92 Å². The molecule has 0 saturated carbocycles. The molecule has 0 unspecified atom stereocenters. The van der Waals surface area contributed by atoms with Gasteiger partial charge in [0.15, 0.2) is 0 Å². The quantitative estimate of drug-likeness (QED) is 0.857. The van der Waals surface area contributed by atoms with Crippen molar-refractivity contribution in [1.29, 1.82) is 0 Å². The summed E-state index contributed by atoms with van der Waals surface area (Å²) in [5, 5.41) is 3.22. The van der Waals surface area contributed by atoms with Gasteiger partial charge in [-0.1, -0.05) is 30.3 Å². The Hall–Kier alpha value is -2.33. The van der Waals surface area contributed by atoms with Crippen molar-refractivity contribution in [2.45, 2.75) is 19.3 Å². The number of benzene rings is 2. The molecule has 1 heterocycles. The normalized spacial score (nSPS) is 15.1. The monoisotopic (exact) mass is 351 g/mol. The number of rotatable bonds is 6. The van der Waals surface area contributed by atoms with Crippen molar-refractivity contribution in [2.75, 3.05) is 38.6 Å². The van der Waals surface area contributed by atoms with E-state index in [1.807, 2.05) is 61.5 Å². The molecular formula is C22H29N3O. The van der Waals surface area contributed by atoms with E-state index in [-0.39, 0.29) is 5.91 Å². The highest BCUT2D eigenvalue weighted by Gasteiger charge is 2.25. The van der Waals surface area contributed by atoms with Gasteiger partial charge in [-0.3, -0.25) is 4.79 Å².